The number of rotatable bonds is 4. The van der Waals surface area contributed by atoms with E-state index in [2.05, 4.69) is 26.8 Å². The molecule has 0 spiro atoms. The molecule has 16 atom stereocenters. The van der Waals surface area contributed by atoms with Crippen LogP contribution in [0.4, 0.5) is 0 Å². The summed E-state index contributed by atoms with van der Waals surface area (Å²) < 4.78 is 11.4. The van der Waals surface area contributed by atoms with Gasteiger partial charge >= 0.3 is 5.97 Å². The second-order valence-electron chi connectivity index (χ2n) is 17.8. The molecule has 5 fully saturated rings. The van der Waals surface area contributed by atoms with E-state index >= 15 is 0 Å². The fourth-order valence-electron chi connectivity index (χ4n) is 12.1. The Morgan fingerprint density at radius 2 is 1.51 bits per heavy atom. The highest BCUT2D eigenvalue weighted by molar-refractivity contribution is 5.79. The number of esters is 1. The number of ether oxygens (including phenoxy) is 2. The summed E-state index contributed by atoms with van der Waals surface area (Å²) in [7, 11) is 0. The normalized spacial score (nSPS) is 55.4. The van der Waals surface area contributed by atoms with Crippen molar-refractivity contribution in [3.8, 4) is 0 Å². The molecule has 4 saturated carbocycles. The number of fused-ring (bicyclic) bond motifs is 7. The largest absolute Gasteiger partial charge is 0.432 e. The minimum Gasteiger partial charge on any atom is -0.432 e. The summed E-state index contributed by atoms with van der Waals surface area (Å²) >= 11 is 0. The Morgan fingerprint density at radius 1 is 0.851 bits per heavy atom. The van der Waals surface area contributed by atoms with Crippen LogP contribution < -0.4 is 0 Å². The second kappa shape index (κ2) is 11.4. The molecule has 6 rings (SSSR count). The Hall–Kier alpha value is -1.15. The van der Waals surface area contributed by atoms with Crippen LogP contribution in [0, 0.1) is 50.2 Å². The first-order valence-corrected chi connectivity index (χ1v) is 17.7. The highest BCUT2D eigenvalue weighted by Gasteiger charge is 2.72. The van der Waals surface area contributed by atoms with Crippen molar-refractivity contribution in [1.82, 2.24) is 0 Å². The molecule has 0 aromatic rings. The first-order chi connectivity index (χ1) is 21.8. The third-order valence-corrected chi connectivity index (χ3v) is 15.4. The third kappa shape index (κ3) is 4.67. The van der Waals surface area contributed by atoms with E-state index in [4.69, 9.17) is 9.47 Å². The van der Waals surface area contributed by atoms with Crippen molar-refractivity contribution in [2.24, 2.45) is 50.2 Å². The summed E-state index contributed by atoms with van der Waals surface area (Å²) in [5, 5.41) is 85.9. The molecule has 1 saturated heterocycles. The molecular weight excluding hydrogens is 608 g/mol. The Labute approximate surface area is 278 Å². The number of aliphatic hydroxyl groups is 8. The summed E-state index contributed by atoms with van der Waals surface area (Å²) in [4.78, 5) is 14.4. The standard InChI is InChI=1S/C36H58O11/c1-31(2)11-13-36(30(45)47-29-26(42)25(41)24(40)20(16-37)46-29)14-12-34(5)18(23(36)28(31)44)7-8-22-32(3)15-19(39)27(43)33(4,17-38)21(32)9-10-35(22,34)6/h7,19-29,37-44H,8-17H2,1-6H3/t19-,20-,21+,22-,23+,24-,25+,26-,27+,28+,29+,32+,33+,34-,35-,36+/m1/s1. The van der Waals surface area contributed by atoms with Gasteiger partial charge in [-0.15, -0.1) is 0 Å². The van der Waals surface area contributed by atoms with Crippen LogP contribution in [-0.4, -0.2) is 109 Å². The van der Waals surface area contributed by atoms with Gasteiger partial charge in [0.1, 0.15) is 24.4 Å². The van der Waals surface area contributed by atoms with E-state index in [1.165, 1.54) is 0 Å². The highest BCUT2D eigenvalue weighted by atomic mass is 16.7. The van der Waals surface area contributed by atoms with Crippen molar-refractivity contribution in [2.45, 2.75) is 142 Å². The Bertz CT molecular complexity index is 1270. The van der Waals surface area contributed by atoms with E-state index in [-0.39, 0.29) is 29.3 Å². The van der Waals surface area contributed by atoms with Gasteiger partial charge in [-0.1, -0.05) is 53.2 Å². The fraction of sp³-hybridized carbons (Fsp3) is 0.917. The van der Waals surface area contributed by atoms with Crippen molar-refractivity contribution in [3.63, 3.8) is 0 Å². The van der Waals surface area contributed by atoms with Gasteiger partial charge in [-0.05, 0) is 84.9 Å². The van der Waals surface area contributed by atoms with Gasteiger partial charge < -0.3 is 50.3 Å². The minimum atomic E-state index is -1.72. The summed E-state index contributed by atoms with van der Waals surface area (Å²) in [6.45, 7) is 11.9. The molecule has 1 aliphatic heterocycles. The van der Waals surface area contributed by atoms with Crippen LogP contribution >= 0.6 is 0 Å². The molecule has 0 radical (unpaired) electrons. The van der Waals surface area contributed by atoms with E-state index in [0.29, 0.717) is 38.5 Å². The highest BCUT2D eigenvalue weighted by Crippen LogP contribution is 2.75. The molecule has 0 aromatic heterocycles. The lowest BCUT2D eigenvalue weighted by atomic mass is 9.33. The molecule has 11 nitrogen and oxygen atoms in total. The van der Waals surface area contributed by atoms with Gasteiger partial charge in [0.2, 0.25) is 6.29 Å². The van der Waals surface area contributed by atoms with Gasteiger partial charge in [0, 0.05) is 11.3 Å². The Balaban J connectivity index is 1.39. The smallest absolute Gasteiger partial charge is 0.315 e. The number of hydrogen-bond acceptors (Lipinski definition) is 11. The predicted octanol–water partition coefficient (Wildman–Crippen LogP) is 1.41. The summed E-state index contributed by atoms with van der Waals surface area (Å²) in [5.74, 6) is -1.08. The summed E-state index contributed by atoms with van der Waals surface area (Å²) in [6.07, 6.45) is -3.62. The zero-order valence-corrected chi connectivity index (χ0v) is 28.8. The van der Waals surface area contributed by atoms with Crippen molar-refractivity contribution in [1.29, 1.82) is 0 Å². The Kier molecular flexibility index (Phi) is 8.68. The Morgan fingerprint density at radius 3 is 2.15 bits per heavy atom. The molecule has 0 unspecified atom stereocenters. The van der Waals surface area contributed by atoms with Gasteiger partial charge in [-0.25, -0.2) is 0 Å². The monoisotopic (exact) mass is 666 g/mol. The molecular formula is C36H58O11. The van der Waals surface area contributed by atoms with Gasteiger partial charge in [0.15, 0.2) is 0 Å². The van der Waals surface area contributed by atoms with Crippen LogP contribution in [0.25, 0.3) is 0 Å². The summed E-state index contributed by atoms with van der Waals surface area (Å²) in [5.41, 5.74) is -2.46. The van der Waals surface area contributed by atoms with Crippen LogP contribution in [0.1, 0.15) is 92.9 Å². The number of carbonyl (C=O) groups is 1. The van der Waals surface area contributed by atoms with Crippen LogP contribution in [0.15, 0.2) is 11.6 Å². The maximum Gasteiger partial charge on any atom is 0.315 e. The first kappa shape index (κ1) is 35.7. The van der Waals surface area contributed by atoms with Crippen LogP contribution in [-0.2, 0) is 14.3 Å². The molecule has 11 heteroatoms. The second-order valence-corrected chi connectivity index (χ2v) is 17.8. The molecule has 0 aromatic carbocycles. The van der Waals surface area contributed by atoms with E-state index in [9.17, 15) is 45.6 Å². The van der Waals surface area contributed by atoms with Crippen molar-refractivity contribution < 1.29 is 55.1 Å². The summed E-state index contributed by atoms with van der Waals surface area (Å²) in [6, 6.07) is 0. The lowest BCUT2D eigenvalue weighted by Crippen LogP contribution is -2.69. The van der Waals surface area contributed by atoms with E-state index in [0.717, 1.165) is 18.4 Å². The van der Waals surface area contributed by atoms with Crippen molar-refractivity contribution in [2.75, 3.05) is 13.2 Å². The SMILES string of the molecule is CC1(C)CC[C@]2(C(=O)O[C@@H]3O[C@H](CO)[C@@H](O)[C@H](O)[C@H]3O)CC[C@]3(C)C(=CC[C@@H]4[C@@]5(C)C[C@@H](O)[C@H](O)[C@@](C)(CO)[C@H]5CC[C@]43C)[C@H]2[C@@H]1O. The van der Waals surface area contributed by atoms with Crippen LogP contribution in [0.5, 0.6) is 0 Å². The quantitative estimate of drug-likeness (QED) is 0.160. The molecule has 8 N–H and O–H groups in total. The molecule has 5 aliphatic carbocycles. The predicted molar refractivity (Wildman–Crippen MR) is 169 cm³/mol. The molecule has 268 valence electrons. The fourth-order valence-corrected chi connectivity index (χ4v) is 12.1. The average molecular weight is 667 g/mol. The minimum absolute atomic E-state index is 0.00502. The third-order valence-electron chi connectivity index (χ3n) is 15.4. The number of carbonyl (C=O) groups excluding carboxylic acids is 1. The molecule has 1 heterocycles. The van der Waals surface area contributed by atoms with Gasteiger partial charge in [0.25, 0.3) is 0 Å². The van der Waals surface area contributed by atoms with Gasteiger partial charge in [-0.2, -0.15) is 0 Å². The molecule has 6 aliphatic rings. The number of aliphatic hydroxyl groups excluding tert-OH is 8. The molecule has 0 bridgehead atoms. The average Bonchev–Trinajstić information content (AvgIpc) is 3.02. The number of hydrogen-bond donors (Lipinski definition) is 8. The maximum atomic E-state index is 14.4. The van der Waals surface area contributed by atoms with Gasteiger partial charge in [0.05, 0.1) is 36.9 Å². The van der Waals surface area contributed by atoms with Crippen molar-refractivity contribution >= 4 is 5.97 Å². The van der Waals surface area contributed by atoms with Gasteiger partial charge in [-0.3, -0.25) is 4.79 Å². The molecule has 0 amide bonds. The molecule has 47 heavy (non-hydrogen) atoms. The first-order valence-electron chi connectivity index (χ1n) is 17.7. The van der Waals surface area contributed by atoms with Crippen LogP contribution in [0.2, 0.25) is 0 Å². The number of allylic oxidation sites excluding steroid dienone is 1. The zero-order chi connectivity index (χ0) is 34.7. The topological polar surface area (TPSA) is 197 Å². The van der Waals surface area contributed by atoms with E-state index < -0.39 is 89.2 Å². The lowest BCUT2D eigenvalue weighted by molar-refractivity contribution is -0.298. The van der Waals surface area contributed by atoms with Crippen LogP contribution in [0.3, 0.4) is 0 Å². The van der Waals surface area contributed by atoms with E-state index in [1.807, 2.05) is 20.8 Å². The lowest BCUT2D eigenvalue weighted by Gasteiger charge is -2.71. The van der Waals surface area contributed by atoms with Crippen molar-refractivity contribution in [3.05, 3.63) is 11.6 Å². The zero-order valence-electron chi connectivity index (χ0n) is 28.8. The van der Waals surface area contributed by atoms with E-state index in [1.54, 1.807) is 0 Å². The maximum absolute atomic E-state index is 14.4.